The SMILES string of the molecule is CCOc1ccccc1/C=N\NC(=O)c1ccc(Cl)s1. The minimum absolute atomic E-state index is 0.285. The zero-order valence-corrected chi connectivity index (χ0v) is 12.4. The average Bonchev–Trinajstić information content (AvgIpc) is 2.88. The number of hydrogen-bond acceptors (Lipinski definition) is 4. The van der Waals surface area contributed by atoms with E-state index in [4.69, 9.17) is 16.3 Å². The first kappa shape index (κ1) is 14.6. The number of carbonyl (C=O) groups excluding carboxylic acids is 1. The van der Waals surface area contributed by atoms with Crippen molar-refractivity contribution in [2.24, 2.45) is 5.10 Å². The summed E-state index contributed by atoms with van der Waals surface area (Å²) in [5.41, 5.74) is 3.26. The van der Waals surface area contributed by atoms with E-state index in [1.807, 2.05) is 31.2 Å². The Bertz CT molecular complexity index is 625. The second-order valence-corrected chi connectivity index (χ2v) is 5.49. The van der Waals surface area contributed by atoms with Gasteiger partial charge in [0.2, 0.25) is 0 Å². The number of nitrogens with zero attached hydrogens (tertiary/aromatic N) is 1. The molecule has 20 heavy (non-hydrogen) atoms. The molecule has 0 aliphatic carbocycles. The van der Waals surface area contributed by atoms with Gasteiger partial charge in [-0.05, 0) is 31.2 Å². The summed E-state index contributed by atoms with van der Waals surface area (Å²) >= 11 is 6.98. The van der Waals surface area contributed by atoms with Gasteiger partial charge in [-0.25, -0.2) is 5.43 Å². The van der Waals surface area contributed by atoms with Gasteiger partial charge >= 0.3 is 0 Å². The molecule has 1 aromatic carbocycles. The summed E-state index contributed by atoms with van der Waals surface area (Å²) in [6, 6.07) is 10.8. The van der Waals surface area contributed by atoms with E-state index in [9.17, 15) is 4.79 Å². The molecule has 2 aromatic rings. The third kappa shape index (κ3) is 3.82. The van der Waals surface area contributed by atoms with Crippen molar-refractivity contribution in [3.05, 3.63) is 51.2 Å². The number of ether oxygens (including phenoxy) is 1. The van der Waals surface area contributed by atoms with Crippen molar-refractivity contribution in [2.45, 2.75) is 6.92 Å². The Kier molecular flexibility index (Phi) is 5.15. The molecule has 0 spiro atoms. The van der Waals surface area contributed by atoms with Gasteiger partial charge in [-0.15, -0.1) is 11.3 Å². The van der Waals surface area contributed by atoms with Crippen molar-refractivity contribution in [1.29, 1.82) is 0 Å². The number of halogens is 1. The molecule has 0 radical (unpaired) electrons. The number of hydrogen-bond donors (Lipinski definition) is 1. The van der Waals surface area contributed by atoms with Crippen LogP contribution in [0.15, 0.2) is 41.5 Å². The van der Waals surface area contributed by atoms with Crippen LogP contribution < -0.4 is 10.2 Å². The molecule has 6 heteroatoms. The smallest absolute Gasteiger partial charge is 0.281 e. The van der Waals surface area contributed by atoms with E-state index in [0.29, 0.717) is 15.8 Å². The van der Waals surface area contributed by atoms with Crippen LogP contribution in [0.2, 0.25) is 4.34 Å². The molecule has 1 heterocycles. The van der Waals surface area contributed by atoms with Crippen LogP contribution in [0.4, 0.5) is 0 Å². The lowest BCUT2D eigenvalue weighted by atomic mass is 10.2. The highest BCUT2D eigenvalue weighted by molar-refractivity contribution is 7.17. The third-order valence-corrected chi connectivity index (χ3v) is 3.62. The fourth-order valence-corrected chi connectivity index (χ4v) is 2.46. The number of amides is 1. The zero-order chi connectivity index (χ0) is 14.4. The van der Waals surface area contributed by atoms with Crippen LogP contribution in [-0.4, -0.2) is 18.7 Å². The number of hydrazone groups is 1. The molecule has 0 aliphatic rings. The van der Waals surface area contributed by atoms with Gasteiger partial charge in [0.1, 0.15) is 5.75 Å². The molecular weight excluding hydrogens is 296 g/mol. The quantitative estimate of drug-likeness (QED) is 0.678. The van der Waals surface area contributed by atoms with E-state index in [-0.39, 0.29) is 5.91 Å². The maximum Gasteiger partial charge on any atom is 0.281 e. The topological polar surface area (TPSA) is 50.7 Å². The summed E-state index contributed by atoms with van der Waals surface area (Å²) in [5, 5.41) is 3.93. The van der Waals surface area contributed by atoms with Crippen molar-refractivity contribution < 1.29 is 9.53 Å². The predicted octanol–water partition coefficient (Wildman–Crippen LogP) is 3.56. The molecule has 1 aromatic heterocycles. The minimum atomic E-state index is -0.285. The minimum Gasteiger partial charge on any atom is -0.493 e. The van der Waals surface area contributed by atoms with Crippen LogP contribution in [0, 0.1) is 0 Å². The summed E-state index contributed by atoms with van der Waals surface area (Å²) in [6.45, 7) is 2.49. The van der Waals surface area contributed by atoms with E-state index in [0.717, 1.165) is 11.3 Å². The van der Waals surface area contributed by atoms with Gasteiger partial charge in [0.25, 0.3) is 5.91 Å². The highest BCUT2D eigenvalue weighted by atomic mass is 35.5. The number of nitrogens with one attached hydrogen (secondary N) is 1. The zero-order valence-electron chi connectivity index (χ0n) is 10.8. The van der Waals surface area contributed by atoms with Gasteiger partial charge in [-0.2, -0.15) is 5.10 Å². The highest BCUT2D eigenvalue weighted by Crippen LogP contribution is 2.21. The molecule has 1 amide bonds. The molecule has 0 bridgehead atoms. The molecule has 0 saturated heterocycles. The molecule has 0 unspecified atom stereocenters. The van der Waals surface area contributed by atoms with Crippen LogP contribution in [0.3, 0.4) is 0 Å². The first-order chi connectivity index (χ1) is 9.70. The molecule has 0 aliphatic heterocycles. The number of benzene rings is 1. The number of rotatable bonds is 5. The number of carbonyl (C=O) groups is 1. The Morgan fingerprint density at radius 3 is 2.90 bits per heavy atom. The molecule has 0 saturated carbocycles. The Morgan fingerprint density at radius 1 is 1.40 bits per heavy atom. The second-order valence-electron chi connectivity index (χ2n) is 3.77. The van der Waals surface area contributed by atoms with E-state index in [1.54, 1.807) is 18.3 Å². The van der Waals surface area contributed by atoms with Gasteiger partial charge in [-0.3, -0.25) is 4.79 Å². The van der Waals surface area contributed by atoms with Crippen molar-refractivity contribution in [1.82, 2.24) is 5.43 Å². The van der Waals surface area contributed by atoms with Crippen LogP contribution in [0.25, 0.3) is 0 Å². The maximum absolute atomic E-state index is 11.8. The van der Waals surface area contributed by atoms with Gasteiger partial charge in [-0.1, -0.05) is 23.7 Å². The van der Waals surface area contributed by atoms with Crippen molar-refractivity contribution in [3.8, 4) is 5.75 Å². The summed E-state index contributed by atoms with van der Waals surface area (Å²) < 4.78 is 6.03. The largest absolute Gasteiger partial charge is 0.493 e. The van der Waals surface area contributed by atoms with E-state index >= 15 is 0 Å². The monoisotopic (exact) mass is 308 g/mol. The first-order valence-electron chi connectivity index (χ1n) is 6.01. The normalized spacial score (nSPS) is 10.7. The lowest BCUT2D eigenvalue weighted by Crippen LogP contribution is -2.16. The highest BCUT2D eigenvalue weighted by Gasteiger charge is 2.07. The van der Waals surface area contributed by atoms with Crippen molar-refractivity contribution >= 4 is 35.1 Å². The van der Waals surface area contributed by atoms with E-state index < -0.39 is 0 Å². The lowest BCUT2D eigenvalue weighted by Gasteiger charge is -2.05. The Morgan fingerprint density at radius 2 is 2.20 bits per heavy atom. The van der Waals surface area contributed by atoms with Gasteiger partial charge < -0.3 is 4.74 Å². The van der Waals surface area contributed by atoms with Crippen molar-refractivity contribution in [2.75, 3.05) is 6.61 Å². The number of thiophene rings is 1. The first-order valence-corrected chi connectivity index (χ1v) is 7.20. The van der Waals surface area contributed by atoms with Crippen LogP contribution in [0.1, 0.15) is 22.2 Å². The number of para-hydroxylation sites is 1. The summed E-state index contributed by atoms with van der Waals surface area (Å²) in [5.74, 6) is 0.444. The Balaban J connectivity index is 2.01. The Hall–Kier alpha value is -1.85. The molecule has 0 atom stereocenters. The van der Waals surface area contributed by atoms with Crippen LogP contribution in [0.5, 0.6) is 5.75 Å². The fourth-order valence-electron chi connectivity index (χ4n) is 1.53. The molecule has 0 fully saturated rings. The average molecular weight is 309 g/mol. The summed E-state index contributed by atoms with van der Waals surface area (Å²) in [7, 11) is 0. The predicted molar refractivity (Wildman–Crippen MR) is 82.0 cm³/mol. The summed E-state index contributed by atoms with van der Waals surface area (Å²) in [4.78, 5) is 12.3. The summed E-state index contributed by atoms with van der Waals surface area (Å²) in [6.07, 6.45) is 1.55. The fraction of sp³-hybridized carbons (Fsp3) is 0.143. The van der Waals surface area contributed by atoms with Gasteiger partial charge in [0.15, 0.2) is 0 Å². The molecule has 1 N–H and O–H groups in total. The van der Waals surface area contributed by atoms with E-state index in [2.05, 4.69) is 10.5 Å². The second kappa shape index (κ2) is 7.07. The van der Waals surface area contributed by atoms with Crippen molar-refractivity contribution in [3.63, 3.8) is 0 Å². The standard InChI is InChI=1S/C14H13ClN2O2S/c1-2-19-11-6-4-3-5-10(11)9-16-17-14(18)12-7-8-13(15)20-12/h3-9H,2H2,1H3,(H,17,18)/b16-9-. The van der Waals surface area contributed by atoms with Crippen LogP contribution in [-0.2, 0) is 0 Å². The molecule has 4 nitrogen and oxygen atoms in total. The van der Waals surface area contributed by atoms with E-state index in [1.165, 1.54) is 11.3 Å². The Labute approximate surface area is 126 Å². The lowest BCUT2D eigenvalue weighted by molar-refractivity contribution is 0.0959. The maximum atomic E-state index is 11.8. The van der Waals surface area contributed by atoms with Crippen LogP contribution >= 0.6 is 22.9 Å². The molecular formula is C14H13ClN2O2S. The van der Waals surface area contributed by atoms with Gasteiger partial charge in [0.05, 0.1) is 22.0 Å². The molecule has 2 rings (SSSR count). The molecule has 104 valence electrons. The third-order valence-electron chi connectivity index (χ3n) is 2.39. The van der Waals surface area contributed by atoms with Gasteiger partial charge in [0, 0.05) is 5.56 Å².